The second kappa shape index (κ2) is 4.93. The van der Waals surface area contributed by atoms with Gasteiger partial charge in [-0.05, 0) is 6.92 Å². The van der Waals surface area contributed by atoms with E-state index in [1.54, 1.807) is 6.92 Å². The highest BCUT2D eigenvalue weighted by Crippen LogP contribution is 2.22. The number of nitrogens with one attached hydrogen (secondary N) is 1. The van der Waals surface area contributed by atoms with Gasteiger partial charge in [0.1, 0.15) is 22.8 Å². The van der Waals surface area contributed by atoms with Gasteiger partial charge in [0.05, 0.1) is 12.0 Å². The van der Waals surface area contributed by atoms with Gasteiger partial charge in [0.2, 0.25) is 5.91 Å². The van der Waals surface area contributed by atoms with Crippen molar-refractivity contribution in [1.29, 1.82) is 0 Å². The van der Waals surface area contributed by atoms with Crippen LogP contribution in [-0.2, 0) is 9.59 Å². The Balaban J connectivity index is 2.32. The number of nitrogens with zero attached hydrogens (tertiary/aromatic N) is 3. The molecule has 1 aliphatic heterocycles. The SMILES string of the molecule is Cc1nc(Cl)c(C=O)c(NC2CC(=O)N(C)C2=O)n1. The first-order valence-electron chi connectivity index (χ1n) is 5.50. The van der Waals surface area contributed by atoms with E-state index in [0.29, 0.717) is 12.1 Å². The van der Waals surface area contributed by atoms with E-state index in [4.69, 9.17) is 11.6 Å². The molecule has 8 heteroatoms. The van der Waals surface area contributed by atoms with Gasteiger partial charge in [-0.1, -0.05) is 11.6 Å². The average molecular weight is 283 g/mol. The summed E-state index contributed by atoms with van der Waals surface area (Å²) < 4.78 is 0. The number of amides is 2. The Bertz CT molecular complexity index is 575. The van der Waals surface area contributed by atoms with Crippen molar-refractivity contribution < 1.29 is 14.4 Å². The van der Waals surface area contributed by atoms with Crippen molar-refractivity contribution >= 4 is 35.5 Å². The van der Waals surface area contributed by atoms with Gasteiger partial charge in [0.15, 0.2) is 6.29 Å². The first kappa shape index (κ1) is 13.4. The van der Waals surface area contributed by atoms with Crippen LogP contribution < -0.4 is 5.32 Å². The van der Waals surface area contributed by atoms with Crippen LogP contribution in [0.15, 0.2) is 0 Å². The molecule has 0 saturated carbocycles. The predicted molar refractivity (Wildman–Crippen MR) is 67.0 cm³/mol. The lowest BCUT2D eigenvalue weighted by Crippen LogP contribution is -2.32. The summed E-state index contributed by atoms with van der Waals surface area (Å²) in [5, 5.41) is 2.78. The lowest BCUT2D eigenvalue weighted by atomic mass is 10.2. The zero-order chi connectivity index (χ0) is 14.2. The second-order valence-electron chi connectivity index (χ2n) is 4.13. The second-order valence-corrected chi connectivity index (χ2v) is 4.49. The van der Waals surface area contributed by atoms with Gasteiger partial charge >= 0.3 is 0 Å². The molecule has 1 fully saturated rings. The molecule has 0 aromatic carbocycles. The maximum atomic E-state index is 11.8. The first-order valence-corrected chi connectivity index (χ1v) is 5.88. The first-order chi connectivity index (χ1) is 8.93. The summed E-state index contributed by atoms with van der Waals surface area (Å²) in [5.41, 5.74) is 0.0714. The fraction of sp³-hybridized carbons (Fsp3) is 0.364. The number of imide groups is 1. The Hall–Kier alpha value is -2.02. The molecule has 2 amide bonds. The molecule has 1 aromatic heterocycles. The summed E-state index contributed by atoms with van der Waals surface area (Å²) >= 11 is 5.83. The van der Waals surface area contributed by atoms with Crippen molar-refractivity contribution in [3.8, 4) is 0 Å². The zero-order valence-corrected chi connectivity index (χ0v) is 11.1. The molecule has 2 heterocycles. The summed E-state index contributed by atoms with van der Waals surface area (Å²) in [7, 11) is 1.41. The number of hydrogen-bond acceptors (Lipinski definition) is 6. The van der Waals surface area contributed by atoms with E-state index in [2.05, 4.69) is 15.3 Å². The van der Waals surface area contributed by atoms with Crippen LogP contribution in [0, 0.1) is 6.92 Å². The molecule has 2 rings (SSSR count). The summed E-state index contributed by atoms with van der Waals surface area (Å²) in [6.07, 6.45) is 0.531. The molecule has 7 nitrogen and oxygen atoms in total. The number of aldehydes is 1. The van der Waals surface area contributed by atoms with E-state index in [0.717, 1.165) is 4.90 Å². The normalized spacial score (nSPS) is 18.9. The number of likely N-dealkylation sites (tertiary alicyclic amines) is 1. The van der Waals surface area contributed by atoms with Crippen LogP contribution in [0.4, 0.5) is 5.82 Å². The number of halogens is 1. The van der Waals surface area contributed by atoms with Crippen molar-refractivity contribution in [2.45, 2.75) is 19.4 Å². The van der Waals surface area contributed by atoms with Crippen molar-refractivity contribution in [3.05, 3.63) is 16.5 Å². The molecule has 1 aromatic rings. The Kier molecular flexibility index (Phi) is 3.48. The third-order valence-corrected chi connectivity index (χ3v) is 3.11. The third-order valence-electron chi connectivity index (χ3n) is 2.82. The van der Waals surface area contributed by atoms with Crippen LogP contribution in [0.25, 0.3) is 0 Å². The summed E-state index contributed by atoms with van der Waals surface area (Å²) in [6.45, 7) is 1.61. The Labute approximate surface area is 114 Å². The molecular weight excluding hydrogens is 272 g/mol. The van der Waals surface area contributed by atoms with Crippen LogP contribution in [-0.4, -0.2) is 46.1 Å². The van der Waals surface area contributed by atoms with E-state index >= 15 is 0 Å². The van der Waals surface area contributed by atoms with Crippen molar-refractivity contribution in [2.75, 3.05) is 12.4 Å². The molecule has 19 heavy (non-hydrogen) atoms. The number of anilines is 1. The fourth-order valence-corrected chi connectivity index (χ4v) is 2.05. The van der Waals surface area contributed by atoms with Gasteiger partial charge in [-0.3, -0.25) is 19.3 Å². The van der Waals surface area contributed by atoms with Crippen molar-refractivity contribution in [1.82, 2.24) is 14.9 Å². The molecule has 0 aliphatic carbocycles. The minimum absolute atomic E-state index is 0.00938. The zero-order valence-electron chi connectivity index (χ0n) is 10.3. The van der Waals surface area contributed by atoms with Gasteiger partial charge < -0.3 is 5.32 Å². The Morgan fingerprint density at radius 2 is 2.11 bits per heavy atom. The maximum absolute atomic E-state index is 11.8. The van der Waals surface area contributed by atoms with E-state index in [1.807, 2.05) is 0 Å². The van der Waals surface area contributed by atoms with Gasteiger partial charge in [-0.15, -0.1) is 0 Å². The number of aryl methyl sites for hydroxylation is 1. The Morgan fingerprint density at radius 3 is 2.63 bits per heavy atom. The molecule has 1 atom stereocenters. The summed E-state index contributed by atoms with van der Waals surface area (Å²) in [4.78, 5) is 43.1. The monoisotopic (exact) mass is 282 g/mol. The maximum Gasteiger partial charge on any atom is 0.251 e. The smallest absolute Gasteiger partial charge is 0.251 e. The standard InChI is InChI=1S/C11H11ClN4O3/c1-5-13-9(12)6(4-17)10(14-5)15-7-3-8(18)16(2)11(7)19/h4,7H,3H2,1-2H3,(H,13,14,15). The van der Waals surface area contributed by atoms with Crippen LogP contribution in [0.2, 0.25) is 5.15 Å². The number of rotatable bonds is 3. The van der Waals surface area contributed by atoms with Crippen molar-refractivity contribution in [2.24, 2.45) is 0 Å². The molecule has 0 spiro atoms. The molecule has 0 radical (unpaired) electrons. The number of likely N-dealkylation sites (N-methyl/N-ethyl adjacent to an activating group) is 1. The van der Waals surface area contributed by atoms with Gasteiger partial charge in [-0.2, -0.15) is 0 Å². The topological polar surface area (TPSA) is 92.3 Å². The van der Waals surface area contributed by atoms with E-state index in [-0.39, 0.29) is 34.8 Å². The fourth-order valence-electron chi connectivity index (χ4n) is 1.79. The predicted octanol–water partition coefficient (Wildman–Crippen LogP) is 0.420. The van der Waals surface area contributed by atoms with Gasteiger partial charge in [0.25, 0.3) is 5.91 Å². The highest BCUT2D eigenvalue weighted by atomic mass is 35.5. The lowest BCUT2D eigenvalue weighted by molar-refractivity contribution is -0.136. The minimum Gasteiger partial charge on any atom is -0.357 e. The van der Waals surface area contributed by atoms with E-state index in [1.165, 1.54) is 7.05 Å². The van der Waals surface area contributed by atoms with Gasteiger partial charge in [-0.25, -0.2) is 9.97 Å². The third kappa shape index (κ3) is 2.41. The molecule has 1 saturated heterocycles. The Morgan fingerprint density at radius 1 is 1.42 bits per heavy atom. The number of hydrogen-bond donors (Lipinski definition) is 1. The van der Waals surface area contributed by atoms with Crippen LogP contribution >= 0.6 is 11.6 Å². The number of aromatic nitrogens is 2. The quantitative estimate of drug-likeness (QED) is 0.491. The molecule has 1 N–H and O–H groups in total. The highest BCUT2D eigenvalue weighted by Gasteiger charge is 2.36. The number of carbonyl (C=O) groups is 3. The highest BCUT2D eigenvalue weighted by molar-refractivity contribution is 6.32. The largest absolute Gasteiger partial charge is 0.357 e. The van der Waals surface area contributed by atoms with E-state index in [9.17, 15) is 14.4 Å². The lowest BCUT2D eigenvalue weighted by Gasteiger charge is -2.13. The van der Waals surface area contributed by atoms with Crippen LogP contribution in [0.3, 0.4) is 0 Å². The summed E-state index contributed by atoms with van der Waals surface area (Å²) in [5.74, 6) is -0.126. The molecular formula is C11H11ClN4O3. The van der Waals surface area contributed by atoms with E-state index < -0.39 is 6.04 Å². The molecule has 1 aliphatic rings. The summed E-state index contributed by atoms with van der Waals surface area (Å²) in [6, 6.07) is -0.735. The molecule has 1 unspecified atom stereocenters. The minimum atomic E-state index is -0.735. The van der Waals surface area contributed by atoms with Crippen LogP contribution in [0.1, 0.15) is 22.6 Å². The van der Waals surface area contributed by atoms with Crippen molar-refractivity contribution in [3.63, 3.8) is 0 Å². The molecule has 100 valence electrons. The molecule has 0 bridgehead atoms. The van der Waals surface area contributed by atoms with Gasteiger partial charge in [0, 0.05) is 7.05 Å². The average Bonchev–Trinajstić information content (AvgIpc) is 2.57. The number of carbonyl (C=O) groups excluding carboxylic acids is 3. The van der Waals surface area contributed by atoms with Crippen LogP contribution in [0.5, 0.6) is 0 Å².